The van der Waals surface area contributed by atoms with Gasteiger partial charge in [0.15, 0.2) is 0 Å². The fraction of sp³-hybridized carbons (Fsp3) is 0.688. The van der Waals surface area contributed by atoms with Crippen LogP contribution in [0, 0.1) is 5.92 Å². The average molecular weight is 357 g/mol. The van der Waals surface area contributed by atoms with E-state index in [2.05, 4.69) is 5.32 Å². The van der Waals surface area contributed by atoms with Gasteiger partial charge in [0.1, 0.15) is 0 Å². The highest BCUT2D eigenvalue weighted by molar-refractivity contribution is 7.96. The molecular weight excluding hydrogens is 332 g/mol. The minimum atomic E-state index is -3.47. The summed E-state index contributed by atoms with van der Waals surface area (Å²) in [5.41, 5.74) is 0. The monoisotopic (exact) mass is 356 g/mol. The maximum absolute atomic E-state index is 12.9. The zero-order chi connectivity index (χ0) is 16.3. The summed E-state index contributed by atoms with van der Waals surface area (Å²) >= 11 is 5.25. The van der Waals surface area contributed by atoms with E-state index in [1.807, 2.05) is 6.08 Å². The van der Waals surface area contributed by atoms with Gasteiger partial charge in [0, 0.05) is 50.2 Å². The molecule has 128 valence electrons. The van der Waals surface area contributed by atoms with E-state index in [1.54, 1.807) is 16.5 Å². The molecule has 3 aliphatic rings. The molecule has 23 heavy (non-hydrogen) atoms. The van der Waals surface area contributed by atoms with E-state index in [0.717, 1.165) is 32.5 Å². The third kappa shape index (κ3) is 4.09. The zero-order valence-corrected chi connectivity index (χ0v) is 14.9. The first-order valence-electron chi connectivity index (χ1n) is 8.28. The van der Waals surface area contributed by atoms with E-state index >= 15 is 0 Å². The Labute approximate surface area is 143 Å². The Morgan fingerprint density at radius 3 is 2.87 bits per heavy atom. The lowest BCUT2D eigenvalue weighted by molar-refractivity contribution is 0.0586. The number of allylic oxidation sites excluding steroid dienone is 4. The van der Waals surface area contributed by atoms with Gasteiger partial charge < -0.3 is 10.1 Å². The van der Waals surface area contributed by atoms with Gasteiger partial charge in [-0.3, -0.25) is 0 Å². The van der Waals surface area contributed by atoms with E-state index in [-0.39, 0.29) is 6.04 Å². The smallest absolute Gasteiger partial charge is 0.244 e. The van der Waals surface area contributed by atoms with E-state index in [1.165, 1.54) is 0 Å². The minimum Gasteiger partial charge on any atom is -0.381 e. The summed E-state index contributed by atoms with van der Waals surface area (Å²) in [6, 6.07) is 0.218. The highest BCUT2D eigenvalue weighted by Crippen LogP contribution is 2.25. The van der Waals surface area contributed by atoms with E-state index in [9.17, 15) is 8.42 Å². The van der Waals surface area contributed by atoms with Gasteiger partial charge in [-0.25, -0.2) is 8.42 Å². The summed E-state index contributed by atoms with van der Waals surface area (Å²) in [6.45, 7) is 3.39. The molecule has 2 saturated heterocycles. The van der Waals surface area contributed by atoms with E-state index < -0.39 is 10.0 Å². The molecule has 2 fully saturated rings. The number of sulfonamides is 1. The van der Waals surface area contributed by atoms with Gasteiger partial charge in [0.05, 0.1) is 4.91 Å². The molecule has 1 unspecified atom stereocenters. The van der Waals surface area contributed by atoms with Crippen LogP contribution in [0.2, 0.25) is 0 Å². The second kappa shape index (κ2) is 7.53. The summed E-state index contributed by atoms with van der Waals surface area (Å²) in [4.78, 5) is 0.828. The van der Waals surface area contributed by atoms with Crippen LogP contribution in [0.5, 0.6) is 0 Å². The molecular formula is C16H24N2O3S2. The number of nitrogens with one attached hydrogen (secondary N) is 1. The van der Waals surface area contributed by atoms with Crippen molar-refractivity contribution in [2.24, 2.45) is 5.92 Å². The van der Waals surface area contributed by atoms with Crippen LogP contribution in [-0.2, 0) is 14.8 Å². The molecule has 0 aromatic heterocycles. The standard InChI is InChI=1S/C16H24N2O3S2/c19-23(20,16-4-2-1-3-15(16)22)18-8-7-17-14(12-18)11-13-5-9-21-10-6-13/h1-2,4,13-14,17H,3,5-12H2. The average Bonchev–Trinajstić information content (AvgIpc) is 2.56. The number of rotatable bonds is 4. The van der Waals surface area contributed by atoms with Crippen LogP contribution in [0.1, 0.15) is 25.7 Å². The molecule has 1 atom stereocenters. The lowest BCUT2D eigenvalue weighted by atomic mass is 9.92. The second-order valence-corrected chi connectivity index (χ2v) is 8.79. The van der Waals surface area contributed by atoms with Gasteiger partial charge >= 0.3 is 0 Å². The Morgan fingerprint density at radius 1 is 1.35 bits per heavy atom. The summed E-state index contributed by atoms with van der Waals surface area (Å²) in [5, 5.41) is 3.47. The largest absolute Gasteiger partial charge is 0.381 e. The number of piperazine rings is 1. The van der Waals surface area contributed by atoms with Crippen molar-refractivity contribution >= 4 is 27.1 Å². The SMILES string of the molecule is O=S(=O)(C1=CC=CCC1=S)N1CCNC(CC2CCOCC2)C1. The molecule has 3 rings (SSSR count). The molecule has 0 bridgehead atoms. The van der Waals surface area contributed by atoms with Crippen LogP contribution in [0.15, 0.2) is 23.1 Å². The Morgan fingerprint density at radius 2 is 2.13 bits per heavy atom. The molecule has 0 spiro atoms. The van der Waals surface area contributed by atoms with Crippen molar-refractivity contribution in [3.05, 3.63) is 23.1 Å². The predicted octanol–water partition coefficient (Wildman–Crippen LogP) is 1.62. The minimum absolute atomic E-state index is 0.218. The molecule has 0 aromatic rings. The van der Waals surface area contributed by atoms with Crippen molar-refractivity contribution in [2.75, 3.05) is 32.8 Å². The molecule has 0 saturated carbocycles. The maximum atomic E-state index is 12.9. The van der Waals surface area contributed by atoms with Gasteiger partial charge in [-0.05, 0) is 31.3 Å². The first-order valence-corrected chi connectivity index (χ1v) is 10.1. The zero-order valence-electron chi connectivity index (χ0n) is 13.2. The van der Waals surface area contributed by atoms with Crippen molar-refractivity contribution in [1.29, 1.82) is 0 Å². The van der Waals surface area contributed by atoms with Gasteiger partial charge in [-0.2, -0.15) is 4.31 Å². The molecule has 2 heterocycles. The van der Waals surface area contributed by atoms with Crippen LogP contribution < -0.4 is 5.32 Å². The first kappa shape index (κ1) is 17.2. The highest BCUT2D eigenvalue weighted by atomic mass is 32.2. The fourth-order valence-corrected chi connectivity index (χ4v) is 5.54. The molecule has 2 aliphatic heterocycles. The summed E-state index contributed by atoms with van der Waals surface area (Å²) in [6.07, 6.45) is 9.01. The first-order chi connectivity index (χ1) is 11.1. The fourth-order valence-electron chi connectivity index (χ4n) is 3.45. The lowest BCUT2D eigenvalue weighted by Crippen LogP contribution is -2.53. The maximum Gasteiger partial charge on any atom is 0.244 e. The van der Waals surface area contributed by atoms with Crippen LogP contribution in [0.3, 0.4) is 0 Å². The second-order valence-electron chi connectivity index (χ2n) is 6.39. The van der Waals surface area contributed by atoms with Crippen LogP contribution in [0.4, 0.5) is 0 Å². The number of hydrogen-bond donors (Lipinski definition) is 1. The Balaban J connectivity index is 1.66. The molecule has 5 nitrogen and oxygen atoms in total. The topological polar surface area (TPSA) is 58.6 Å². The van der Waals surface area contributed by atoms with Gasteiger partial charge in [-0.1, -0.05) is 24.4 Å². The molecule has 1 N–H and O–H groups in total. The van der Waals surface area contributed by atoms with Crippen molar-refractivity contribution in [3.8, 4) is 0 Å². The molecule has 0 amide bonds. The Bertz CT molecular complexity index is 607. The number of hydrogen-bond acceptors (Lipinski definition) is 5. The lowest BCUT2D eigenvalue weighted by Gasteiger charge is -2.36. The molecule has 1 aliphatic carbocycles. The number of nitrogens with zero attached hydrogens (tertiary/aromatic N) is 1. The summed E-state index contributed by atoms with van der Waals surface area (Å²) in [5.74, 6) is 0.627. The number of thiocarbonyl (C=S) groups is 1. The van der Waals surface area contributed by atoms with Crippen LogP contribution in [-0.4, -0.2) is 56.5 Å². The van der Waals surface area contributed by atoms with Crippen LogP contribution >= 0.6 is 12.2 Å². The van der Waals surface area contributed by atoms with Crippen molar-refractivity contribution in [3.63, 3.8) is 0 Å². The molecule has 0 aromatic carbocycles. The van der Waals surface area contributed by atoms with Gasteiger partial charge in [0.2, 0.25) is 10.0 Å². The predicted molar refractivity (Wildman–Crippen MR) is 94.9 cm³/mol. The van der Waals surface area contributed by atoms with Crippen molar-refractivity contribution in [1.82, 2.24) is 9.62 Å². The normalized spacial score (nSPS) is 27.9. The summed E-state index contributed by atoms with van der Waals surface area (Å²) < 4.78 is 32.8. The summed E-state index contributed by atoms with van der Waals surface area (Å²) in [7, 11) is -3.47. The molecule has 7 heteroatoms. The third-order valence-electron chi connectivity index (χ3n) is 4.76. The van der Waals surface area contributed by atoms with Crippen molar-refractivity contribution < 1.29 is 13.2 Å². The van der Waals surface area contributed by atoms with Crippen LogP contribution in [0.25, 0.3) is 0 Å². The van der Waals surface area contributed by atoms with E-state index in [4.69, 9.17) is 17.0 Å². The van der Waals surface area contributed by atoms with Gasteiger partial charge in [-0.15, -0.1) is 0 Å². The highest BCUT2D eigenvalue weighted by Gasteiger charge is 2.34. The number of ether oxygens (including phenoxy) is 1. The Kier molecular flexibility index (Phi) is 5.64. The molecule has 0 radical (unpaired) electrons. The van der Waals surface area contributed by atoms with Crippen molar-refractivity contribution in [2.45, 2.75) is 31.7 Å². The quantitative estimate of drug-likeness (QED) is 0.776. The van der Waals surface area contributed by atoms with Gasteiger partial charge in [0.25, 0.3) is 0 Å². The third-order valence-corrected chi connectivity index (χ3v) is 7.22. The van der Waals surface area contributed by atoms with E-state index in [0.29, 0.717) is 41.7 Å². The Hall–Kier alpha value is -0.600.